The number of aromatic nitrogens is 2. The molecule has 1 aromatic carbocycles. The van der Waals surface area contributed by atoms with Crippen molar-refractivity contribution in [1.82, 2.24) is 9.97 Å². The van der Waals surface area contributed by atoms with Crippen LogP contribution in [0.3, 0.4) is 0 Å². The first kappa shape index (κ1) is 17.7. The van der Waals surface area contributed by atoms with E-state index in [0.717, 1.165) is 0 Å². The largest absolute Gasteiger partial charge is 0.328 e. The lowest BCUT2D eigenvalue weighted by Gasteiger charge is -2.18. The molecule has 4 nitrogen and oxygen atoms in total. The molecule has 0 unspecified atom stereocenters. The van der Waals surface area contributed by atoms with E-state index in [1.54, 1.807) is 13.0 Å². The Bertz CT molecular complexity index is 974. The molecule has 26 heavy (non-hydrogen) atoms. The number of H-pyrrole nitrogens is 1. The minimum atomic E-state index is -0.745. The molecule has 0 aliphatic rings. The second kappa shape index (κ2) is 7.39. The summed E-state index contributed by atoms with van der Waals surface area (Å²) in [6.45, 7) is 1.72. The van der Waals surface area contributed by atoms with Crippen LogP contribution in [-0.2, 0) is 0 Å². The van der Waals surface area contributed by atoms with Crippen LogP contribution in [0.15, 0.2) is 59.7 Å². The molecule has 2 aromatic heterocycles. The van der Waals surface area contributed by atoms with Crippen molar-refractivity contribution >= 4 is 5.78 Å². The van der Waals surface area contributed by atoms with Gasteiger partial charge in [0.15, 0.2) is 5.78 Å². The highest BCUT2D eigenvalue weighted by Gasteiger charge is 2.24. The number of benzene rings is 1. The van der Waals surface area contributed by atoms with Gasteiger partial charge in [-0.05, 0) is 48.4 Å². The molecule has 0 aliphatic carbocycles. The van der Waals surface area contributed by atoms with Gasteiger partial charge >= 0.3 is 0 Å². The number of carbonyl (C=O) groups excluding carboxylic acids is 1. The average molecular weight is 354 g/mol. The van der Waals surface area contributed by atoms with Crippen LogP contribution in [0.5, 0.6) is 0 Å². The smallest absolute Gasteiger partial charge is 0.247 e. The van der Waals surface area contributed by atoms with Gasteiger partial charge in [-0.1, -0.05) is 6.07 Å². The predicted molar refractivity (Wildman–Crippen MR) is 93.2 cm³/mol. The lowest BCUT2D eigenvalue weighted by molar-refractivity contribution is 0.0976. The van der Waals surface area contributed by atoms with Gasteiger partial charge in [0.2, 0.25) is 5.56 Å². The third kappa shape index (κ3) is 3.91. The van der Waals surface area contributed by atoms with E-state index in [2.05, 4.69) is 9.97 Å². The lowest BCUT2D eigenvalue weighted by Crippen LogP contribution is -2.14. The summed E-state index contributed by atoms with van der Waals surface area (Å²) in [6, 6.07) is 9.72. The molecule has 0 aliphatic heterocycles. The molecule has 1 N–H and O–H groups in total. The number of rotatable bonds is 5. The first-order valence-electron chi connectivity index (χ1n) is 8.03. The molecule has 0 spiro atoms. The fourth-order valence-electron chi connectivity index (χ4n) is 2.88. The van der Waals surface area contributed by atoms with E-state index >= 15 is 0 Å². The van der Waals surface area contributed by atoms with Crippen LogP contribution >= 0.6 is 0 Å². The summed E-state index contributed by atoms with van der Waals surface area (Å²) >= 11 is 0. The first-order valence-corrected chi connectivity index (χ1v) is 8.03. The number of carbonyl (C=O) groups is 1. The number of ketones is 1. The molecular formula is C20H16F2N2O2. The fourth-order valence-corrected chi connectivity index (χ4v) is 2.88. The normalized spacial score (nSPS) is 12.0. The van der Waals surface area contributed by atoms with E-state index < -0.39 is 17.6 Å². The standard InChI is InChI=1S/C20H16F2N2O2/c1-12-7-14(9-15(21)8-12)16(20-17(22)3-2-6-23-20)10-18(25)13-4-5-19(26)24-11-13/h2-9,11,16H,10H2,1H3,(H,24,26)/t16-/m0/s1. The minimum Gasteiger partial charge on any atom is -0.328 e. The SMILES string of the molecule is Cc1cc(F)cc([C@H](CC(=O)c2ccc(=O)[nH]c2)c2ncccc2F)c1. The molecule has 3 aromatic rings. The highest BCUT2D eigenvalue weighted by molar-refractivity contribution is 5.96. The highest BCUT2D eigenvalue weighted by Crippen LogP contribution is 2.30. The second-order valence-electron chi connectivity index (χ2n) is 6.05. The molecule has 2 heterocycles. The Balaban J connectivity index is 2.03. The van der Waals surface area contributed by atoms with Gasteiger partial charge in [0, 0.05) is 36.4 Å². The van der Waals surface area contributed by atoms with Crippen molar-refractivity contribution in [3.63, 3.8) is 0 Å². The molecule has 3 rings (SSSR count). The first-order chi connectivity index (χ1) is 12.4. The monoisotopic (exact) mass is 354 g/mol. The summed E-state index contributed by atoms with van der Waals surface area (Å²) in [7, 11) is 0. The van der Waals surface area contributed by atoms with E-state index in [9.17, 15) is 18.4 Å². The summed E-state index contributed by atoms with van der Waals surface area (Å²) < 4.78 is 28.2. The van der Waals surface area contributed by atoms with Gasteiger partial charge in [-0.15, -0.1) is 0 Å². The summed E-state index contributed by atoms with van der Waals surface area (Å²) in [6.07, 6.45) is 2.64. The number of aromatic amines is 1. The fraction of sp³-hybridized carbons (Fsp3) is 0.150. The zero-order chi connectivity index (χ0) is 18.7. The summed E-state index contributed by atoms with van der Waals surface area (Å²) in [5, 5.41) is 0. The molecule has 0 bridgehead atoms. The maximum atomic E-state index is 14.3. The number of pyridine rings is 2. The molecule has 0 saturated carbocycles. The van der Waals surface area contributed by atoms with Crippen LogP contribution in [0.1, 0.15) is 39.5 Å². The Morgan fingerprint density at radius 2 is 2.00 bits per heavy atom. The van der Waals surface area contributed by atoms with Gasteiger partial charge in [-0.2, -0.15) is 0 Å². The molecular weight excluding hydrogens is 338 g/mol. The summed E-state index contributed by atoms with van der Waals surface area (Å²) in [5.41, 5.74) is 1.18. The lowest BCUT2D eigenvalue weighted by atomic mass is 9.87. The Kier molecular flexibility index (Phi) is 5.02. The van der Waals surface area contributed by atoms with Gasteiger partial charge in [-0.25, -0.2) is 8.78 Å². The van der Waals surface area contributed by atoms with E-state index in [-0.39, 0.29) is 23.5 Å². The molecule has 6 heteroatoms. The maximum Gasteiger partial charge on any atom is 0.247 e. The van der Waals surface area contributed by atoms with Crippen LogP contribution in [0, 0.1) is 18.6 Å². The van der Waals surface area contributed by atoms with Crippen LogP contribution in [0.4, 0.5) is 8.78 Å². The van der Waals surface area contributed by atoms with Gasteiger partial charge in [0.1, 0.15) is 11.6 Å². The van der Waals surface area contributed by atoms with Crippen LogP contribution < -0.4 is 5.56 Å². The number of aryl methyl sites for hydroxylation is 1. The highest BCUT2D eigenvalue weighted by atomic mass is 19.1. The van der Waals surface area contributed by atoms with E-state index in [0.29, 0.717) is 16.7 Å². The molecule has 0 fully saturated rings. The average Bonchev–Trinajstić information content (AvgIpc) is 2.60. The topological polar surface area (TPSA) is 62.8 Å². The third-order valence-corrected chi connectivity index (χ3v) is 4.08. The number of halogens is 2. The van der Waals surface area contributed by atoms with Crippen molar-refractivity contribution in [1.29, 1.82) is 0 Å². The molecule has 1 atom stereocenters. The van der Waals surface area contributed by atoms with Crippen molar-refractivity contribution in [2.24, 2.45) is 0 Å². The van der Waals surface area contributed by atoms with Gasteiger partial charge in [0.25, 0.3) is 0 Å². The molecule has 132 valence electrons. The van der Waals surface area contributed by atoms with Crippen molar-refractivity contribution in [2.75, 3.05) is 0 Å². The van der Waals surface area contributed by atoms with E-state index in [4.69, 9.17) is 0 Å². The summed E-state index contributed by atoms with van der Waals surface area (Å²) in [4.78, 5) is 30.3. The van der Waals surface area contributed by atoms with Gasteiger partial charge in [0.05, 0.1) is 5.69 Å². The van der Waals surface area contributed by atoms with E-state index in [1.165, 1.54) is 48.8 Å². The number of hydrogen-bond donors (Lipinski definition) is 1. The van der Waals surface area contributed by atoms with Crippen molar-refractivity contribution in [3.8, 4) is 0 Å². The zero-order valence-electron chi connectivity index (χ0n) is 14.0. The minimum absolute atomic E-state index is 0.0790. The molecule has 0 amide bonds. The van der Waals surface area contributed by atoms with Crippen molar-refractivity contribution in [2.45, 2.75) is 19.3 Å². The Labute approximate surface area is 148 Å². The van der Waals surface area contributed by atoms with Gasteiger partial charge < -0.3 is 4.98 Å². The second-order valence-corrected chi connectivity index (χ2v) is 6.05. The zero-order valence-corrected chi connectivity index (χ0v) is 14.0. The van der Waals surface area contributed by atoms with Gasteiger partial charge in [-0.3, -0.25) is 14.6 Å². The number of hydrogen-bond acceptors (Lipinski definition) is 3. The quantitative estimate of drug-likeness (QED) is 0.710. The summed E-state index contributed by atoms with van der Waals surface area (Å²) in [5.74, 6) is -2.07. The third-order valence-electron chi connectivity index (χ3n) is 4.08. The Morgan fingerprint density at radius 3 is 2.65 bits per heavy atom. The van der Waals surface area contributed by atoms with Crippen LogP contribution in [-0.4, -0.2) is 15.8 Å². The molecule has 0 saturated heterocycles. The number of nitrogens with zero attached hydrogens (tertiary/aromatic N) is 1. The van der Waals surface area contributed by atoms with Crippen LogP contribution in [0.25, 0.3) is 0 Å². The molecule has 0 radical (unpaired) electrons. The number of nitrogens with one attached hydrogen (secondary N) is 1. The maximum absolute atomic E-state index is 14.3. The van der Waals surface area contributed by atoms with Crippen molar-refractivity contribution in [3.05, 3.63) is 99.2 Å². The van der Waals surface area contributed by atoms with Crippen LogP contribution in [0.2, 0.25) is 0 Å². The predicted octanol–water partition coefficient (Wildman–Crippen LogP) is 3.76. The number of Topliss-reactive ketones (excluding diaryl/α,β-unsaturated/α-hetero) is 1. The van der Waals surface area contributed by atoms with Crippen molar-refractivity contribution < 1.29 is 13.6 Å². The van der Waals surface area contributed by atoms with E-state index in [1.807, 2.05) is 0 Å². The Morgan fingerprint density at radius 1 is 1.19 bits per heavy atom. The Hall–Kier alpha value is -3.15.